The molecule has 1 aliphatic carbocycles. The Hall–Kier alpha value is -3.02. The largest absolute Gasteiger partial charge is 0.467 e. The van der Waals surface area contributed by atoms with Crippen LogP contribution in [-0.4, -0.2) is 76.0 Å². The molecule has 11 heteroatoms. The van der Waals surface area contributed by atoms with Crippen LogP contribution in [0.25, 0.3) is 0 Å². The van der Waals surface area contributed by atoms with Crippen LogP contribution in [0.3, 0.4) is 0 Å². The molecule has 0 saturated heterocycles. The monoisotopic (exact) mass is 465 g/mol. The van der Waals surface area contributed by atoms with Crippen molar-refractivity contribution in [3.63, 3.8) is 0 Å². The van der Waals surface area contributed by atoms with E-state index in [1.807, 2.05) is 0 Å². The number of aliphatic hydroxyl groups is 3. The highest BCUT2D eigenvalue weighted by molar-refractivity contribution is 5.95. The molecular weight excluding hydrogens is 434 g/mol. The average molecular weight is 466 g/mol. The highest BCUT2D eigenvalue weighted by Crippen LogP contribution is 2.30. The van der Waals surface area contributed by atoms with E-state index in [9.17, 15) is 34.5 Å². The summed E-state index contributed by atoms with van der Waals surface area (Å²) in [6.45, 7) is 4.78. The third kappa shape index (κ3) is 6.50. The van der Waals surface area contributed by atoms with Gasteiger partial charge < -0.3 is 36.0 Å². The van der Waals surface area contributed by atoms with Gasteiger partial charge in [-0.1, -0.05) is 13.8 Å². The molecule has 0 unspecified atom stereocenters. The van der Waals surface area contributed by atoms with E-state index in [0.717, 1.165) is 0 Å². The smallest absolute Gasteiger partial charge is 0.328 e. The molecule has 1 aromatic carbocycles. The number of nitrogens with one attached hydrogen (secondary N) is 3. The Morgan fingerprint density at radius 2 is 1.70 bits per heavy atom. The lowest BCUT2D eigenvalue weighted by Gasteiger charge is -2.42. The number of Topliss-reactive ketones (excluding diaryl/α,β-unsaturated/α-hetero) is 1. The molecule has 5 atom stereocenters. The summed E-state index contributed by atoms with van der Waals surface area (Å²) in [5.41, 5.74) is -1.32. The summed E-state index contributed by atoms with van der Waals surface area (Å²) in [6, 6.07) is 3.16. The van der Waals surface area contributed by atoms with Crippen LogP contribution in [0.1, 0.15) is 44.0 Å². The summed E-state index contributed by atoms with van der Waals surface area (Å²) in [5.74, 6) is -2.08. The van der Waals surface area contributed by atoms with Gasteiger partial charge in [0.25, 0.3) is 5.91 Å². The van der Waals surface area contributed by atoms with Crippen molar-refractivity contribution in [3.8, 4) is 0 Å². The van der Waals surface area contributed by atoms with Crippen LogP contribution in [0, 0.1) is 5.92 Å². The van der Waals surface area contributed by atoms with Gasteiger partial charge in [-0.2, -0.15) is 0 Å². The zero-order valence-electron chi connectivity index (χ0n) is 19.0. The van der Waals surface area contributed by atoms with Crippen LogP contribution in [0.5, 0.6) is 0 Å². The second-order valence-electron chi connectivity index (χ2n) is 8.55. The first-order valence-electron chi connectivity index (χ1n) is 10.5. The molecule has 33 heavy (non-hydrogen) atoms. The zero-order valence-corrected chi connectivity index (χ0v) is 19.0. The van der Waals surface area contributed by atoms with Gasteiger partial charge in [0, 0.05) is 24.1 Å². The lowest BCUT2D eigenvalue weighted by molar-refractivity contribution is -0.161. The molecule has 0 bridgehead atoms. The van der Waals surface area contributed by atoms with E-state index in [1.54, 1.807) is 13.8 Å². The number of methoxy groups -OCH3 is 1. The molecule has 0 aromatic heterocycles. The highest BCUT2D eigenvalue weighted by atomic mass is 16.5. The Morgan fingerprint density at radius 1 is 1.09 bits per heavy atom. The van der Waals surface area contributed by atoms with Crippen molar-refractivity contribution in [2.24, 2.45) is 5.92 Å². The van der Waals surface area contributed by atoms with E-state index >= 15 is 0 Å². The summed E-state index contributed by atoms with van der Waals surface area (Å²) in [7, 11) is 1.17. The number of anilines is 1. The first-order valence-corrected chi connectivity index (χ1v) is 10.5. The normalized spacial score (nSPS) is 25.6. The van der Waals surface area contributed by atoms with Crippen molar-refractivity contribution in [1.29, 1.82) is 0 Å². The van der Waals surface area contributed by atoms with E-state index in [4.69, 9.17) is 0 Å². The fourth-order valence-corrected chi connectivity index (χ4v) is 3.65. The Balaban J connectivity index is 2.09. The second-order valence-corrected chi connectivity index (χ2v) is 8.55. The standard InChI is InChI=1S/C22H31N3O8/c1-11(2)17(19(29)33-4)25-20(30)22(32)9-15(18(28)16(27)10-22)24-21(31)23-14-7-5-13(6-8-14)12(3)26/h5-8,11,15-18,27-28,32H,9-10H2,1-4H3,(H,25,30)(H2,23,24,31)/t15-,16+,17+,18+,22-/m0/s1. The number of rotatable bonds is 7. The van der Waals surface area contributed by atoms with E-state index in [0.29, 0.717) is 11.3 Å². The van der Waals surface area contributed by atoms with E-state index in [-0.39, 0.29) is 11.7 Å². The maximum atomic E-state index is 12.8. The summed E-state index contributed by atoms with van der Waals surface area (Å²) < 4.78 is 4.68. The summed E-state index contributed by atoms with van der Waals surface area (Å²) >= 11 is 0. The van der Waals surface area contributed by atoms with E-state index in [1.165, 1.54) is 38.3 Å². The van der Waals surface area contributed by atoms with Crippen LogP contribution in [0.2, 0.25) is 0 Å². The summed E-state index contributed by atoms with van der Waals surface area (Å²) in [4.78, 5) is 48.5. The number of ketones is 1. The maximum Gasteiger partial charge on any atom is 0.328 e. The molecule has 1 fully saturated rings. The Morgan fingerprint density at radius 3 is 2.21 bits per heavy atom. The van der Waals surface area contributed by atoms with Gasteiger partial charge in [0.15, 0.2) is 5.78 Å². The molecule has 3 amide bonds. The second kappa shape index (κ2) is 10.7. The first kappa shape index (κ1) is 26.2. The molecule has 0 spiro atoms. The highest BCUT2D eigenvalue weighted by Gasteiger charge is 2.50. The van der Waals surface area contributed by atoms with Gasteiger partial charge in [-0.05, 0) is 37.1 Å². The molecule has 182 valence electrons. The van der Waals surface area contributed by atoms with Crippen molar-refractivity contribution >= 4 is 29.4 Å². The zero-order chi connectivity index (χ0) is 24.9. The van der Waals surface area contributed by atoms with Crippen molar-refractivity contribution in [2.45, 2.75) is 63.5 Å². The topological polar surface area (TPSA) is 174 Å². The Kier molecular flexibility index (Phi) is 8.53. The lowest BCUT2D eigenvalue weighted by atomic mass is 9.77. The number of hydrogen-bond acceptors (Lipinski definition) is 8. The molecule has 0 aliphatic heterocycles. The van der Waals surface area contributed by atoms with Crippen LogP contribution in [0.15, 0.2) is 24.3 Å². The van der Waals surface area contributed by atoms with E-state index < -0.39 is 60.6 Å². The predicted molar refractivity (Wildman–Crippen MR) is 117 cm³/mol. The molecule has 6 N–H and O–H groups in total. The fraction of sp³-hybridized carbons (Fsp3) is 0.545. The van der Waals surface area contributed by atoms with Crippen molar-refractivity contribution in [3.05, 3.63) is 29.8 Å². The van der Waals surface area contributed by atoms with Gasteiger partial charge in [-0.25, -0.2) is 9.59 Å². The van der Waals surface area contributed by atoms with Gasteiger partial charge in [0.1, 0.15) is 17.7 Å². The van der Waals surface area contributed by atoms with Crippen LogP contribution < -0.4 is 16.0 Å². The SMILES string of the molecule is COC(=O)[C@H](NC(=O)[C@@]1(O)C[C@@H](O)[C@H](O)[C@@H](NC(=O)Nc2ccc(C(C)=O)cc2)C1)C(C)C. The van der Waals surface area contributed by atoms with Gasteiger partial charge in [0.05, 0.1) is 19.3 Å². The summed E-state index contributed by atoms with van der Waals surface area (Å²) in [5, 5.41) is 38.9. The molecule has 0 radical (unpaired) electrons. The lowest BCUT2D eigenvalue weighted by Crippen LogP contribution is -2.64. The number of amides is 3. The predicted octanol–water partition coefficient (Wildman–Crippen LogP) is -0.0602. The van der Waals surface area contributed by atoms with Gasteiger partial charge in [-0.3, -0.25) is 9.59 Å². The third-order valence-electron chi connectivity index (χ3n) is 5.61. The Bertz CT molecular complexity index is 888. The Labute approximate surface area is 191 Å². The number of urea groups is 1. The van der Waals surface area contributed by atoms with Crippen LogP contribution in [0.4, 0.5) is 10.5 Å². The molecule has 0 heterocycles. The number of benzene rings is 1. The number of hydrogen-bond donors (Lipinski definition) is 6. The minimum absolute atomic E-state index is 0.130. The van der Waals surface area contributed by atoms with Crippen molar-refractivity contribution in [2.75, 3.05) is 12.4 Å². The number of esters is 1. The van der Waals surface area contributed by atoms with Gasteiger partial charge in [0.2, 0.25) is 0 Å². The third-order valence-corrected chi connectivity index (χ3v) is 5.61. The number of carbonyl (C=O) groups excluding carboxylic acids is 4. The fourth-order valence-electron chi connectivity index (χ4n) is 3.65. The van der Waals surface area contributed by atoms with Crippen molar-refractivity contribution in [1.82, 2.24) is 10.6 Å². The molecule has 1 saturated carbocycles. The van der Waals surface area contributed by atoms with Crippen molar-refractivity contribution < 1.29 is 39.2 Å². The number of aliphatic hydroxyl groups excluding tert-OH is 2. The number of ether oxygens (including phenoxy) is 1. The molecule has 11 nitrogen and oxygen atoms in total. The van der Waals surface area contributed by atoms with Crippen LogP contribution in [-0.2, 0) is 14.3 Å². The minimum atomic E-state index is -2.15. The van der Waals surface area contributed by atoms with E-state index in [2.05, 4.69) is 20.7 Å². The molecule has 1 aliphatic rings. The quantitative estimate of drug-likeness (QED) is 0.240. The van der Waals surface area contributed by atoms with Crippen LogP contribution >= 0.6 is 0 Å². The molecule has 2 rings (SSSR count). The number of carbonyl (C=O) groups is 4. The maximum absolute atomic E-state index is 12.8. The van der Waals surface area contributed by atoms with Gasteiger partial charge >= 0.3 is 12.0 Å². The minimum Gasteiger partial charge on any atom is -0.467 e. The summed E-state index contributed by atoms with van der Waals surface area (Å²) in [6.07, 6.45) is -3.84. The first-order chi connectivity index (χ1) is 15.4. The van der Waals surface area contributed by atoms with Gasteiger partial charge in [-0.15, -0.1) is 0 Å². The average Bonchev–Trinajstić information content (AvgIpc) is 2.74. The molecular formula is C22H31N3O8. The molecule has 1 aromatic rings.